The Hall–Kier alpha value is -2.41. The topological polar surface area (TPSA) is 87.2 Å². The number of amides is 2. The highest BCUT2D eigenvalue weighted by atomic mass is 16.5. The lowest BCUT2D eigenvalue weighted by Gasteiger charge is -2.35. The molecule has 7 nitrogen and oxygen atoms in total. The number of benzene rings is 1. The molecular formula is C17H22N2O5. The molecule has 0 bridgehead atoms. The SMILES string of the molecule is CCN(C)C(=O)c1cccc(C(=O)N2CCOCC2CC(=O)O)c1. The molecule has 0 aromatic heterocycles. The fourth-order valence-corrected chi connectivity index (χ4v) is 2.61. The second kappa shape index (κ2) is 7.92. The van der Waals surface area contributed by atoms with E-state index in [9.17, 15) is 14.4 Å². The summed E-state index contributed by atoms with van der Waals surface area (Å²) in [7, 11) is 1.70. The Balaban J connectivity index is 2.22. The molecule has 0 radical (unpaired) electrons. The smallest absolute Gasteiger partial charge is 0.305 e. The molecule has 1 saturated heterocycles. The van der Waals surface area contributed by atoms with E-state index >= 15 is 0 Å². The molecule has 130 valence electrons. The van der Waals surface area contributed by atoms with Gasteiger partial charge in [-0.3, -0.25) is 14.4 Å². The molecule has 2 amide bonds. The summed E-state index contributed by atoms with van der Waals surface area (Å²) in [5.41, 5.74) is 0.816. The van der Waals surface area contributed by atoms with Gasteiger partial charge >= 0.3 is 5.97 Å². The van der Waals surface area contributed by atoms with Crippen molar-refractivity contribution in [2.75, 3.05) is 33.4 Å². The predicted molar refractivity (Wildman–Crippen MR) is 87.0 cm³/mol. The van der Waals surface area contributed by atoms with Gasteiger partial charge in [-0.25, -0.2) is 0 Å². The van der Waals surface area contributed by atoms with Gasteiger partial charge in [0.05, 0.1) is 25.7 Å². The number of carbonyl (C=O) groups excluding carboxylic acids is 2. The molecular weight excluding hydrogens is 312 g/mol. The van der Waals surface area contributed by atoms with Crippen LogP contribution in [-0.4, -0.2) is 72.1 Å². The van der Waals surface area contributed by atoms with E-state index in [0.717, 1.165) is 0 Å². The fraction of sp³-hybridized carbons (Fsp3) is 0.471. The third-order valence-electron chi connectivity index (χ3n) is 4.08. The van der Waals surface area contributed by atoms with Crippen LogP contribution in [0.3, 0.4) is 0 Å². The van der Waals surface area contributed by atoms with Crippen molar-refractivity contribution < 1.29 is 24.2 Å². The number of hydrogen-bond donors (Lipinski definition) is 1. The van der Waals surface area contributed by atoms with Gasteiger partial charge in [0.15, 0.2) is 0 Å². The molecule has 24 heavy (non-hydrogen) atoms. The summed E-state index contributed by atoms with van der Waals surface area (Å²) >= 11 is 0. The summed E-state index contributed by atoms with van der Waals surface area (Å²) in [4.78, 5) is 39.1. The molecule has 1 aromatic carbocycles. The van der Waals surface area contributed by atoms with E-state index in [4.69, 9.17) is 9.84 Å². The largest absolute Gasteiger partial charge is 0.481 e. The standard InChI is InChI=1S/C17H22N2O5/c1-3-18(2)16(22)12-5-4-6-13(9-12)17(23)19-7-8-24-11-14(19)10-15(20)21/h4-6,9,14H,3,7-8,10-11H2,1-2H3,(H,20,21). The number of ether oxygens (including phenoxy) is 1. The number of carboxylic acid groups (broad SMARTS) is 1. The third-order valence-corrected chi connectivity index (χ3v) is 4.08. The number of carbonyl (C=O) groups is 3. The molecule has 1 aliphatic heterocycles. The molecule has 1 unspecified atom stereocenters. The molecule has 1 fully saturated rings. The maximum atomic E-state index is 12.8. The second-order valence-corrected chi connectivity index (χ2v) is 5.73. The van der Waals surface area contributed by atoms with Crippen molar-refractivity contribution in [2.24, 2.45) is 0 Å². The lowest BCUT2D eigenvalue weighted by Crippen LogP contribution is -2.49. The first kappa shape index (κ1) is 17.9. The first-order chi connectivity index (χ1) is 11.4. The Morgan fingerprint density at radius 1 is 1.33 bits per heavy atom. The lowest BCUT2D eigenvalue weighted by atomic mass is 10.1. The summed E-state index contributed by atoms with van der Waals surface area (Å²) in [6, 6.07) is 6.03. The van der Waals surface area contributed by atoms with E-state index in [1.54, 1.807) is 36.2 Å². The minimum Gasteiger partial charge on any atom is -0.481 e. The summed E-state index contributed by atoms with van der Waals surface area (Å²) in [6.45, 7) is 3.36. The lowest BCUT2D eigenvalue weighted by molar-refractivity contribution is -0.139. The minimum atomic E-state index is -0.975. The van der Waals surface area contributed by atoms with Crippen molar-refractivity contribution in [2.45, 2.75) is 19.4 Å². The predicted octanol–water partition coefficient (Wildman–Crippen LogP) is 1.09. The van der Waals surface area contributed by atoms with Gasteiger partial charge in [-0.05, 0) is 25.1 Å². The average Bonchev–Trinajstić information content (AvgIpc) is 2.60. The second-order valence-electron chi connectivity index (χ2n) is 5.73. The van der Waals surface area contributed by atoms with Crippen molar-refractivity contribution in [1.29, 1.82) is 0 Å². The zero-order valence-electron chi connectivity index (χ0n) is 13.9. The first-order valence-corrected chi connectivity index (χ1v) is 7.90. The van der Waals surface area contributed by atoms with Crippen molar-refractivity contribution in [1.82, 2.24) is 9.80 Å². The van der Waals surface area contributed by atoms with Crippen LogP contribution in [0, 0.1) is 0 Å². The maximum absolute atomic E-state index is 12.8. The number of morpholine rings is 1. The number of hydrogen-bond acceptors (Lipinski definition) is 4. The Labute approximate surface area is 140 Å². The normalized spacial score (nSPS) is 17.4. The maximum Gasteiger partial charge on any atom is 0.305 e. The summed E-state index contributed by atoms with van der Waals surface area (Å²) < 4.78 is 5.29. The van der Waals surface area contributed by atoms with Crippen LogP contribution in [0.4, 0.5) is 0 Å². The molecule has 0 aliphatic carbocycles. The van der Waals surface area contributed by atoms with Crippen LogP contribution < -0.4 is 0 Å². The van der Waals surface area contributed by atoms with E-state index in [0.29, 0.717) is 30.8 Å². The molecule has 2 rings (SSSR count). The molecule has 0 spiro atoms. The highest BCUT2D eigenvalue weighted by Gasteiger charge is 2.30. The molecule has 7 heteroatoms. The van der Waals surface area contributed by atoms with E-state index in [1.807, 2.05) is 6.92 Å². The molecule has 0 saturated carbocycles. The highest BCUT2D eigenvalue weighted by molar-refractivity contribution is 5.99. The molecule has 1 N–H and O–H groups in total. The zero-order valence-corrected chi connectivity index (χ0v) is 13.9. The van der Waals surface area contributed by atoms with Crippen LogP contribution in [0.2, 0.25) is 0 Å². The van der Waals surface area contributed by atoms with Gasteiger partial charge < -0.3 is 19.6 Å². The van der Waals surface area contributed by atoms with E-state index in [1.165, 1.54) is 4.90 Å². The van der Waals surface area contributed by atoms with Crippen molar-refractivity contribution in [3.63, 3.8) is 0 Å². The van der Waals surface area contributed by atoms with Crippen LogP contribution in [0.1, 0.15) is 34.1 Å². The summed E-state index contributed by atoms with van der Waals surface area (Å²) in [6.07, 6.45) is -0.164. The monoisotopic (exact) mass is 334 g/mol. The van der Waals surface area contributed by atoms with E-state index in [-0.39, 0.29) is 24.8 Å². The van der Waals surface area contributed by atoms with E-state index < -0.39 is 12.0 Å². The average molecular weight is 334 g/mol. The number of aliphatic carboxylic acids is 1. The van der Waals surface area contributed by atoms with Gasteiger partial charge in [-0.15, -0.1) is 0 Å². The van der Waals surface area contributed by atoms with Crippen LogP contribution in [0.5, 0.6) is 0 Å². The Kier molecular flexibility index (Phi) is 5.92. The van der Waals surface area contributed by atoms with Gasteiger partial charge in [-0.1, -0.05) is 6.07 Å². The van der Waals surface area contributed by atoms with Gasteiger partial charge in [0.2, 0.25) is 0 Å². The van der Waals surface area contributed by atoms with Crippen LogP contribution in [0.25, 0.3) is 0 Å². The number of rotatable bonds is 5. The summed E-state index contributed by atoms with van der Waals surface area (Å²) in [5.74, 6) is -1.41. The number of carboxylic acids is 1. The number of nitrogens with zero attached hydrogens (tertiary/aromatic N) is 2. The van der Waals surface area contributed by atoms with Gasteiger partial charge in [0, 0.05) is 31.3 Å². The van der Waals surface area contributed by atoms with Gasteiger partial charge in [0.25, 0.3) is 11.8 Å². The van der Waals surface area contributed by atoms with E-state index in [2.05, 4.69) is 0 Å². The quantitative estimate of drug-likeness (QED) is 0.871. The van der Waals surface area contributed by atoms with Crippen molar-refractivity contribution in [3.8, 4) is 0 Å². The zero-order chi connectivity index (χ0) is 17.7. The van der Waals surface area contributed by atoms with Crippen LogP contribution in [0.15, 0.2) is 24.3 Å². The van der Waals surface area contributed by atoms with Gasteiger partial charge in [-0.2, -0.15) is 0 Å². The Morgan fingerprint density at radius 2 is 2.04 bits per heavy atom. The molecule has 1 aliphatic rings. The molecule has 1 atom stereocenters. The highest BCUT2D eigenvalue weighted by Crippen LogP contribution is 2.17. The van der Waals surface area contributed by atoms with Crippen LogP contribution >= 0.6 is 0 Å². The molecule has 1 heterocycles. The summed E-state index contributed by atoms with van der Waals surface area (Å²) in [5, 5.41) is 9.00. The molecule has 1 aromatic rings. The third kappa shape index (κ3) is 4.11. The minimum absolute atomic E-state index is 0.156. The van der Waals surface area contributed by atoms with Gasteiger partial charge in [0.1, 0.15) is 0 Å². The fourth-order valence-electron chi connectivity index (χ4n) is 2.61. The first-order valence-electron chi connectivity index (χ1n) is 7.90. The Morgan fingerprint density at radius 3 is 2.71 bits per heavy atom. The van der Waals surface area contributed by atoms with Crippen molar-refractivity contribution in [3.05, 3.63) is 35.4 Å². The van der Waals surface area contributed by atoms with Crippen LogP contribution in [-0.2, 0) is 9.53 Å². The Bertz CT molecular complexity index is 631. The van der Waals surface area contributed by atoms with Crippen molar-refractivity contribution >= 4 is 17.8 Å².